The van der Waals surface area contributed by atoms with E-state index >= 15 is 0 Å². The normalized spacial score (nSPS) is 17.4. The smallest absolute Gasteiger partial charge is 0.162 e. The van der Waals surface area contributed by atoms with Gasteiger partial charge in [-0.05, 0) is 85.6 Å². The minimum Gasteiger partial charge on any atom is -0.612 e. The second kappa shape index (κ2) is 10.7. The highest BCUT2D eigenvalue weighted by Crippen LogP contribution is 2.42. The first-order valence-electron chi connectivity index (χ1n) is 13.6. The Labute approximate surface area is 235 Å². The summed E-state index contributed by atoms with van der Waals surface area (Å²) in [5, 5.41) is 6.14. The lowest BCUT2D eigenvalue weighted by Crippen LogP contribution is -2.40. The third-order valence-corrected chi connectivity index (χ3v) is 8.82. The van der Waals surface area contributed by atoms with Gasteiger partial charge < -0.3 is 15.4 Å². The summed E-state index contributed by atoms with van der Waals surface area (Å²) in [5.41, 5.74) is 4.47. The molecule has 1 aliphatic carbocycles. The number of fused-ring (bicyclic) bond motifs is 2. The molecule has 1 unspecified atom stereocenters. The first-order chi connectivity index (χ1) is 19.1. The average Bonchev–Trinajstić information content (AvgIpc) is 3.58. The van der Waals surface area contributed by atoms with Crippen LogP contribution < -0.4 is 10.9 Å². The molecule has 2 aromatic heterocycles. The molecule has 1 aliphatic heterocycles. The van der Waals surface area contributed by atoms with E-state index in [2.05, 4.69) is 34.3 Å². The van der Waals surface area contributed by atoms with Crippen molar-refractivity contribution in [2.24, 2.45) is 0 Å². The molecular weight excluding hydrogens is 522 g/mol. The number of thiol groups is 1. The lowest BCUT2D eigenvalue weighted by molar-refractivity contribution is 0.101. The summed E-state index contributed by atoms with van der Waals surface area (Å²) in [5.74, 6) is 0.916. The fourth-order valence-corrected chi connectivity index (χ4v) is 6.40. The fraction of sp³-hybridized carbons (Fsp3) is 0.290. The summed E-state index contributed by atoms with van der Waals surface area (Å²) >= 11 is -2.69. The summed E-state index contributed by atoms with van der Waals surface area (Å²) in [6.07, 6.45) is 11.8. The van der Waals surface area contributed by atoms with Gasteiger partial charge >= 0.3 is 0 Å². The quantitative estimate of drug-likeness (QED) is 0.194. The summed E-state index contributed by atoms with van der Waals surface area (Å²) in [4.78, 5) is 7.64. The summed E-state index contributed by atoms with van der Waals surface area (Å²) in [6.45, 7) is 3.42. The Morgan fingerprint density at radius 1 is 0.875 bits per heavy atom. The lowest BCUT2D eigenvalue weighted by Gasteiger charge is -2.30. The highest BCUT2D eigenvalue weighted by molar-refractivity contribution is 7.79. The van der Waals surface area contributed by atoms with E-state index < -0.39 is 11.1 Å². The minimum atomic E-state index is -2.69. The number of benzene rings is 3. The van der Waals surface area contributed by atoms with Gasteiger partial charge in [-0.1, -0.05) is 36.8 Å². The standard InChI is InChI=1S/C31H30N4O3S.H3N/c36-39(37)29-13-12-26(25-6-2-3-7-27(25)29)28-19-33-35-20-23(18-32-30(28)35)22-8-10-24(11-9-22)38-31(14-15-31)21-34-16-4-1-5-17-34;/h2-3,6-13,18-20,39H,1,4-5,14-17,21H2;1H3. The van der Waals surface area contributed by atoms with Crippen molar-refractivity contribution in [3.05, 3.63) is 79.3 Å². The molecule has 3 N–H and O–H groups in total. The average molecular weight is 556 g/mol. The van der Waals surface area contributed by atoms with Crippen LogP contribution in [0.25, 0.3) is 38.7 Å². The first kappa shape index (κ1) is 26.6. The topological polar surface area (TPSA) is 118 Å². The maximum Gasteiger partial charge on any atom is 0.162 e. The van der Waals surface area contributed by atoms with Crippen LogP contribution in [0.4, 0.5) is 0 Å². The Morgan fingerprint density at radius 2 is 1.62 bits per heavy atom. The summed E-state index contributed by atoms with van der Waals surface area (Å²) in [7, 11) is 0. The van der Waals surface area contributed by atoms with Gasteiger partial charge in [0.25, 0.3) is 0 Å². The Bertz CT molecular complexity index is 1690. The molecule has 9 heteroatoms. The number of hydrogen-bond acceptors (Lipinski definition) is 7. The van der Waals surface area contributed by atoms with Crippen molar-refractivity contribution in [2.75, 3.05) is 19.6 Å². The number of aromatic nitrogens is 3. The predicted octanol–water partition coefficient (Wildman–Crippen LogP) is 5.96. The van der Waals surface area contributed by atoms with Crippen molar-refractivity contribution in [3.63, 3.8) is 0 Å². The molecule has 1 saturated carbocycles. The van der Waals surface area contributed by atoms with Crippen molar-refractivity contribution < 1.29 is 13.5 Å². The Hall–Kier alpha value is -3.63. The number of nitrogens with zero attached hydrogens (tertiary/aromatic N) is 4. The van der Waals surface area contributed by atoms with E-state index in [0.29, 0.717) is 10.3 Å². The van der Waals surface area contributed by atoms with Crippen LogP contribution in [0.2, 0.25) is 0 Å². The molecule has 40 heavy (non-hydrogen) atoms. The molecule has 0 spiro atoms. The maximum absolute atomic E-state index is 11.8. The van der Waals surface area contributed by atoms with Crippen LogP contribution in [-0.4, -0.2) is 49.3 Å². The second-order valence-electron chi connectivity index (χ2n) is 10.8. The zero-order chi connectivity index (χ0) is 26.4. The largest absolute Gasteiger partial charge is 0.612 e. The van der Waals surface area contributed by atoms with Crippen LogP contribution >= 0.6 is 0 Å². The Balaban J connectivity index is 0.00000289. The molecule has 0 bridgehead atoms. The molecule has 0 radical (unpaired) electrons. The van der Waals surface area contributed by atoms with Gasteiger partial charge in [0.2, 0.25) is 0 Å². The number of rotatable bonds is 7. The van der Waals surface area contributed by atoms with Gasteiger partial charge in [-0.25, -0.2) is 9.50 Å². The number of hydrogen-bond donors (Lipinski definition) is 1. The molecule has 7 rings (SSSR count). The number of piperidine rings is 1. The van der Waals surface area contributed by atoms with Gasteiger partial charge in [-0.3, -0.25) is 4.90 Å². The molecule has 1 saturated heterocycles. The molecule has 2 aliphatic rings. The number of likely N-dealkylation sites (tertiary alicyclic amines) is 1. The summed E-state index contributed by atoms with van der Waals surface area (Å²) in [6, 6.07) is 19.3. The van der Waals surface area contributed by atoms with Gasteiger partial charge in [0, 0.05) is 35.5 Å². The van der Waals surface area contributed by atoms with Crippen LogP contribution in [0, 0.1) is 0 Å². The van der Waals surface area contributed by atoms with Gasteiger partial charge in [-0.15, -0.1) is 4.21 Å². The molecule has 3 heterocycles. The van der Waals surface area contributed by atoms with Gasteiger partial charge in [0.1, 0.15) is 11.4 Å². The fourth-order valence-electron chi connectivity index (χ4n) is 5.81. The highest BCUT2D eigenvalue weighted by atomic mass is 32.2. The zero-order valence-electron chi connectivity index (χ0n) is 22.3. The van der Waals surface area contributed by atoms with Crippen LogP contribution in [0.1, 0.15) is 32.1 Å². The minimum absolute atomic E-state index is 0. The molecular formula is C31H33N5O3S. The molecule has 8 nitrogen and oxygen atoms in total. The third kappa shape index (κ3) is 5.01. The molecule has 3 aromatic carbocycles. The highest BCUT2D eigenvalue weighted by Gasteiger charge is 2.46. The molecule has 5 aromatic rings. The summed E-state index contributed by atoms with van der Waals surface area (Å²) < 4.78 is 31.8. The van der Waals surface area contributed by atoms with Crippen molar-refractivity contribution in [3.8, 4) is 28.0 Å². The Kier molecular flexibility index (Phi) is 7.14. The zero-order valence-corrected chi connectivity index (χ0v) is 23.2. The maximum atomic E-state index is 11.8. The lowest BCUT2D eigenvalue weighted by atomic mass is 10.00. The molecule has 1 atom stereocenters. The van der Waals surface area contributed by atoms with E-state index in [1.165, 1.54) is 32.4 Å². The van der Waals surface area contributed by atoms with Gasteiger partial charge in [0.15, 0.2) is 10.5 Å². The van der Waals surface area contributed by atoms with E-state index in [0.717, 1.165) is 58.4 Å². The molecule has 206 valence electrons. The SMILES string of the molecule is N.O=[SH+]([O-])c1ccc(-c2cnn3cc(-c4ccc(OC5(CN6CCCCC6)CC5)cc4)cnc23)c2ccccc12. The first-order valence-corrected chi connectivity index (χ1v) is 14.8. The van der Waals surface area contributed by atoms with Crippen molar-refractivity contribution in [2.45, 2.75) is 42.6 Å². The van der Waals surface area contributed by atoms with E-state index in [-0.39, 0.29) is 11.8 Å². The molecule has 2 fully saturated rings. The van der Waals surface area contributed by atoms with Crippen LogP contribution in [-0.2, 0) is 15.3 Å². The van der Waals surface area contributed by atoms with Crippen LogP contribution in [0.5, 0.6) is 5.75 Å². The van der Waals surface area contributed by atoms with Crippen molar-refractivity contribution in [1.29, 1.82) is 0 Å². The van der Waals surface area contributed by atoms with Crippen molar-refractivity contribution in [1.82, 2.24) is 25.6 Å². The van der Waals surface area contributed by atoms with Gasteiger partial charge in [0.05, 0.1) is 17.3 Å². The number of ether oxygens (including phenoxy) is 1. The van der Waals surface area contributed by atoms with Crippen molar-refractivity contribution >= 4 is 27.5 Å². The van der Waals surface area contributed by atoms with Gasteiger partial charge in [-0.2, -0.15) is 5.10 Å². The van der Waals surface area contributed by atoms with Crippen LogP contribution in [0.3, 0.4) is 0 Å². The monoisotopic (exact) mass is 555 g/mol. The second-order valence-corrected chi connectivity index (χ2v) is 11.7. The predicted molar refractivity (Wildman–Crippen MR) is 158 cm³/mol. The van der Waals surface area contributed by atoms with E-state index in [4.69, 9.17) is 9.72 Å². The van der Waals surface area contributed by atoms with E-state index in [9.17, 15) is 8.76 Å². The Morgan fingerprint density at radius 3 is 2.35 bits per heavy atom. The van der Waals surface area contributed by atoms with E-state index in [1.54, 1.807) is 16.8 Å². The van der Waals surface area contributed by atoms with Crippen LogP contribution in [0.15, 0.2) is 84.1 Å². The molecule has 0 amide bonds. The van der Waals surface area contributed by atoms with E-state index in [1.807, 2.05) is 42.7 Å². The third-order valence-electron chi connectivity index (χ3n) is 8.03.